The van der Waals surface area contributed by atoms with E-state index in [1.54, 1.807) is 6.07 Å². The number of aryl methyl sites for hydroxylation is 1. The van der Waals surface area contributed by atoms with Crippen LogP contribution in [0.5, 0.6) is 0 Å². The quantitative estimate of drug-likeness (QED) is 0.834. The molecule has 0 spiro atoms. The van der Waals surface area contributed by atoms with Crippen LogP contribution in [-0.2, 0) is 12.8 Å². The Morgan fingerprint density at radius 3 is 2.63 bits per heavy atom. The molecule has 1 aromatic carbocycles. The van der Waals surface area contributed by atoms with Crippen molar-refractivity contribution >= 4 is 11.6 Å². The Balaban J connectivity index is 1.92. The number of nitrogens with two attached hydrogens (primary N) is 1. The van der Waals surface area contributed by atoms with Crippen LogP contribution in [0, 0.1) is 0 Å². The summed E-state index contributed by atoms with van der Waals surface area (Å²) in [5.41, 5.74) is 7.09. The van der Waals surface area contributed by atoms with Crippen molar-refractivity contribution in [3.05, 3.63) is 47.8 Å². The third-order valence-electron chi connectivity index (χ3n) is 2.83. The van der Waals surface area contributed by atoms with Crippen molar-refractivity contribution in [2.45, 2.75) is 26.2 Å². The fourth-order valence-corrected chi connectivity index (χ4v) is 1.92. The first kappa shape index (κ1) is 13.3. The molecule has 0 unspecified atom stereocenters. The van der Waals surface area contributed by atoms with Crippen LogP contribution >= 0.6 is 0 Å². The first-order chi connectivity index (χ1) is 9.28. The van der Waals surface area contributed by atoms with Crippen molar-refractivity contribution in [3.63, 3.8) is 0 Å². The zero-order chi connectivity index (χ0) is 13.5. The molecule has 4 heteroatoms. The molecule has 0 atom stereocenters. The van der Waals surface area contributed by atoms with Crippen LogP contribution < -0.4 is 11.1 Å². The van der Waals surface area contributed by atoms with E-state index in [-0.39, 0.29) is 0 Å². The predicted octanol–water partition coefficient (Wildman–Crippen LogP) is 2.67. The maximum atomic E-state index is 5.78. The van der Waals surface area contributed by atoms with Gasteiger partial charge in [0.25, 0.3) is 0 Å². The zero-order valence-corrected chi connectivity index (χ0v) is 11.3. The first-order valence-electron chi connectivity index (χ1n) is 6.69. The Bertz CT molecular complexity index is 511. The van der Waals surface area contributed by atoms with Gasteiger partial charge in [-0.15, -0.1) is 0 Å². The van der Waals surface area contributed by atoms with Crippen molar-refractivity contribution < 1.29 is 0 Å². The third-order valence-corrected chi connectivity index (χ3v) is 2.83. The van der Waals surface area contributed by atoms with E-state index in [2.05, 4.69) is 46.5 Å². The number of nitrogens with zero attached hydrogens (tertiary/aromatic N) is 2. The highest BCUT2D eigenvalue weighted by Gasteiger charge is 2.01. The Morgan fingerprint density at radius 1 is 1.11 bits per heavy atom. The van der Waals surface area contributed by atoms with Gasteiger partial charge in [-0.25, -0.2) is 9.97 Å². The molecule has 0 amide bonds. The molecular weight excluding hydrogens is 236 g/mol. The summed E-state index contributed by atoms with van der Waals surface area (Å²) in [6.45, 7) is 2.95. The second-order valence-corrected chi connectivity index (χ2v) is 4.51. The maximum absolute atomic E-state index is 5.78. The minimum atomic E-state index is 0.528. The Kier molecular flexibility index (Phi) is 4.72. The number of nitrogen functional groups attached to an aromatic ring is 1. The summed E-state index contributed by atoms with van der Waals surface area (Å²) in [6.07, 6.45) is 2.85. The number of hydrogen-bond donors (Lipinski definition) is 2. The van der Waals surface area contributed by atoms with E-state index in [9.17, 15) is 0 Å². The molecule has 0 aliphatic carbocycles. The van der Waals surface area contributed by atoms with Crippen LogP contribution in [0.4, 0.5) is 11.6 Å². The molecule has 0 aliphatic heterocycles. The Morgan fingerprint density at radius 2 is 1.89 bits per heavy atom. The van der Waals surface area contributed by atoms with Gasteiger partial charge in [0.15, 0.2) is 0 Å². The second-order valence-electron chi connectivity index (χ2n) is 4.51. The summed E-state index contributed by atoms with van der Waals surface area (Å²) in [7, 11) is 0. The van der Waals surface area contributed by atoms with Crippen LogP contribution in [0.15, 0.2) is 36.4 Å². The van der Waals surface area contributed by atoms with E-state index in [1.165, 1.54) is 5.56 Å². The molecule has 2 aromatic rings. The fourth-order valence-electron chi connectivity index (χ4n) is 1.92. The summed E-state index contributed by atoms with van der Waals surface area (Å²) < 4.78 is 0. The van der Waals surface area contributed by atoms with Crippen LogP contribution in [-0.4, -0.2) is 16.5 Å². The lowest BCUT2D eigenvalue weighted by Crippen LogP contribution is -2.09. The van der Waals surface area contributed by atoms with Gasteiger partial charge in [0.2, 0.25) is 0 Å². The normalized spacial score (nSPS) is 10.4. The smallest absolute Gasteiger partial charge is 0.133 e. The summed E-state index contributed by atoms with van der Waals surface area (Å²) in [4.78, 5) is 8.67. The van der Waals surface area contributed by atoms with Crippen molar-refractivity contribution in [2.75, 3.05) is 17.6 Å². The van der Waals surface area contributed by atoms with Crippen LogP contribution in [0.1, 0.15) is 24.7 Å². The maximum Gasteiger partial charge on any atom is 0.133 e. The lowest BCUT2D eigenvalue weighted by atomic mass is 10.1. The molecule has 0 radical (unpaired) electrons. The number of aromatic nitrogens is 2. The SMILES string of the molecule is CCCc1nc(N)cc(NCCc2ccccc2)n1. The van der Waals surface area contributed by atoms with Crippen molar-refractivity contribution in [3.8, 4) is 0 Å². The van der Waals surface area contributed by atoms with Gasteiger partial charge in [-0.05, 0) is 18.4 Å². The molecule has 0 fully saturated rings. The summed E-state index contributed by atoms with van der Waals surface area (Å²) in [5, 5.41) is 3.30. The predicted molar refractivity (Wildman–Crippen MR) is 79.1 cm³/mol. The molecular formula is C15H20N4. The molecule has 0 saturated carbocycles. The van der Waals surface area contributed by atoms with Gasteiger partial charge in [0, 0.05) is 19.0 Å². The molecule has 3 N–H and O–H groups in total. The first-order valence-corrected chi connectivity index (χ1v) is 6.69. The number of anilines is 2. The van der Waals surface area contributed by atoms with Gasteiger partial charge in [-0.1, -0.05) is 37.3 Å². The van der Waals surface area contributed by atoms with Gasteiger partial charge >= 0.3 is 0 Å². The van der Waals surface area contributed by atoms with Crippen molar-refractivity contribution in [1.82, 2.24) is 9.97 Å². The average molecular weight is 256 g/mol. The van der Waals surface area contributed by atoms with Crippen LogP contribution in [0.25, 0.3) is 0 Å². The largest absolute Gasteiger partial charge is 0.384 e. The highest BCUT2D eigenvalue weighted by molar-refractivity contribution is 5.44. The highest BCUT2D eigenvalue weighted by atomic mass is 15.0. The number of nitrogens with one attached hydrogen (secondary N) is 1. The van der Waals surface area contributed by atoms with E-state index < -0.39 is 0 Å². The molecule has 4 nitrogen and oxygen atoms in total. The molecule has 0 saturated heterocycles. The van der Waals surface area contributed by atoms with E-state index in [1.807, 2.05) is 6.07 Å². The van der Waals surface area contributed by atoms with E-state index in [4.69, 9.17) is 5.73 Å². The lowest BCUT2D eigenvalue weighted by Gasteiger charge is -2.08. The lowest BCUT2D eigenvalue weighted by molar-refractivity contribution is 0.836. The monoisotopic (exact) mass is 256 g/mol. The molecule has 0 aliphatic rings. The Labute approximate surface area is 114 Å². The van der Waals surface area contributed by atoms with Crippen LogP contribution in [0.3, 0.4) is 0 Å². The fraction of sp³-hybridized carbons (Fsp3) is 0.333. The van der Waals surface area contributed by atoms with Gasteiger partial charge in [-0.3, -0.25) is 0 Å². The van der Waals surface area contributed by atoms with Gasteiger partial charge < -0.3 is 11.1 Å². The average Bonchev–Trinajstić information content (AvgIpc) is 2.40. The standard InChI is InChI=1S/C15H20N4/c1-2-6-14-18-13(16)11-15(19-14)17-10-9-12-7-4-3-5-8-12/h3-5,7-8,11H,2,6,9-10H2,1H3,(H3,16,17,18,19). The van der Waals surface area contributed by atoms with Gasteiger partial charge in [-0.2, -0.15) is 0 Å². The second kappa shape index (κ2) is 6.73. The van der Waals surface area contributed by atoms with Crippen molar-refractivity contribution in [1.29, 1.82) is 0 Å². The van der Waals surface area contributed by atoms with Gasteiger partial charge in [0.05, 0.1) is 0 Å². The Hall–Kier alpha value is -2.10. The summed E-state index contributed by atoms with van der Waals surface area (Å²) >= 11 is 0. The number of rotatable bonds is 6. The molecule has 1 heterocycles. The van der Waals surface area contributed by atoms with E-state index in [0.29, 0.717) is 5.82 Å². The van der Waals surface area contributed by atoms with Gasteiger partial charge in [0.1, 0.15) is 17.5 Å². The molecule has 0 bridgehead atoms. The molecule has 1 aromatic heterocycles. The molecule has 2 rings (SSSR count). The molecule has 100 valence electrons. The minimum Gasteiger partial charge on any atom is -0.384 e. The number of benzene rings is 1. The minimum absolute atomic E-state index is 0.528. The van der Waals surface area contributed by atoms with E-state index in [0.717, 1.165) is 37.4 Å². The topological polar surface area (TPSA) is 63.8 Å². The number of hydrogen-bond acceptors (Lipinski definition) is 4. The third kappa shape index (κ3) is 4.25. The molecule has 19 heavy (non-hydrogen) atoms. The summed E-state index contributed by atoms with van der Waals surface area (Å²) in [5.74, 6) is 2.15. The summed E-state index contributed by atoms with van der Waals surface area (Å²) in [6, 6.07) is 12.2. The zero-order valence-electron chi connectivity index (χ0n) is 11.3. The highest BCUT2D eigenvalue weighted by Crippen LogP contribution is 2.10. The van der Waals surface area contributed by atoms with Crippen molar-refractivity contribution in [2.24, 2.45) is 0 Å². The van der Waals surface area contributed by atoms with E-state index >= 15 is 0 Å². The van der Waals surface area contributed by atoms with Crippen LogP contribution in [0.2, 0.25) is 0 Å².